The van der Waals surface area contributed by atoms with Gasteiger partial charge in [-0.05, 0) is 39.0 Å². The van der Waals surface area contributed by atoms with E-state index in [-0.39, 0.29) is 0 Å². The van der Waals surface area contributed by atoms with Gasteiger partial charge in [0, 0.05) is 11.4 Å². The molecule has 0 aliphatic carbocycles. The summed E-state index contributed by atoms with van der Waals surface area (Å²) in [6, 6.07) is 8.34. The zero-order chi connectivity index (χ0) is 12.0. The fraction of sp³-hybridized carbons (Fsp3) is 0.200. The number of hydrogen-bond donors (Lipinski definition) is 1. The van der Waals surface area contributed by atoms with Gasteiger partial charge < -0.3 is 5.32 Å². The van der Waals surface area contributed by atoms with E-state index in [1.54, 1.807) is 0 Å². The molecular weight excluding hydrogens is 194 g/mol. The highest BCUT2D eigenvalue weighted by molar-refractivity contribution is 5.51. The summed E-state index contributed by atoms with van der Waals surface area (Å²) in [4.78, 5) is 0. The fourth-order valence-electron chi connectivity index (χ4n) is 1.25. The second-order valence-electron chi connectivity index (χ2n) is 3.91. The van der Waals surface area contributed by atoms with Crippen LogP contribution in [-0.2, 0) is 0 Å². The molecule has 0 aliphatic rings. The Kier molecular flexibility index (Phi) is 4.59. The number of anilines is 1. The first-order chi connectivity index (χ1) is 7.61. The number of nitrogens with one attached hydrogen (secondary N) is 1. The third kappa shape index (κ3) is 4.18. The summed E-state index contributed by atoms with van der Waals surface area (Å²) in [6.07, 6.45) is 6.07. The van der Waals surface area contributed by atoms with Crippen molar-refractivity contribution in [3.63, 3.8) is 0 Å². The molecule has 0 amide bonds. The monoisotopic (exact) mass is 213 g/mol. The molecule has 1 aromatic carbocycles. The van der Waals surface area contributed by atoms with E-state index in [9.17, 15) is 0 Å². The van der Waals surface area contributed by atoms with Gasteiger partial charge in [-0.1, -0.05) is 42.0 Å². The van der Waals surface area contributed by atoms with Crippen molar-refractivity contribution in [1.82, 2.24) is 0 Å². The van der Waals surface area contributed by atoms with Crippen LogP contribution in [0.3, 0.4) is 0 Å². The Morgan fingerprint density at radius 1 is 1.19 bits per heavy atom. The van der Waals surface area contributed by atoms with E-state index >= 15 is 0 Å². The van der Waals surface area contributed by atoms with E-state index in [4.69, 9.17) is 0 Å². The molecule has 1 rings (SSSR count). The zero-order valence-electron chi connectivity index (χ0n) is 10.2. The topological polar surface area (TPSA) is 12.0 Å². The number of allylic oxidation sites excluding steroid dienone is 4. The minimum atomic E-state index is 1.05. The highest BCUT2D eigenvalue weighted by Gasteiger charge is 1.93. The van der Waals surface area contributed by atoms with Gasteiger partial charge in [0.05, 0.1) is 0 Å². The molecular formula is C15H19N. The normalized spacial score (nSPS) is 11.8. The lowest BCUT2D eigenvalue weighted by atomic mass is 10.2. The first-order valence-corrected chi connectivity index (χ1v) is 5.45. The lowest BCUT2D eigenvalue weighted by Crippen LogP contribution is -1.96. The van der Waals surface area contributed by atoms with Crippen LogP contribution in [0.15, 0.2) is 60.3 Å². The van der Waals surface area contributed by atoms with Crippen molar-refractivity contribution in [3.05, 3.63) is 65.9 Å². The second-order valence-corrected chi connectivity index (χ2v) is 3.91. The molecule has 0 bridgehead atoms. The minimum absolute atomic E-state index is 1.05. The predicted octanol–water partition coefficient (Wildman–Crippen LogP) is 4.44. The fourth-order valence-corrected chi connectivity index (χ4v) is 1.25. The molecule has 0 aliphatic heterocycles. The summed E-state index contributed by atoms with van der Waals surface area (Å²) >= 11 is 0. The predicted molar refractivity (Wildman–Crippen MR) is 72.5 cm³/mol. The average molecular weight is 213 g/mol. The summed E-state index contributed by atoms with van der Waals surface area (Å²) in [5.41, 5.74) is 4.49. The van der Waals surface area contributed by atoms with Crippen LogP contribution in [0, 0.1) is 6.92 Å². The number of aryl methyl sites for hydroxylation is 1. The van der Waals surface area contributed by atoms with Crippen LogP contribution in [0.5, 0.6) is 0 Å². The quantitative estimate of drug-likeness (QED) is 0.729. The highest BCUT2D eigenvalue weighted by Crippen LogP contribution is 2.12. The first kappa shape index (κ1) is 12.3. The third-order valence-electron chi connectivity index (χ3n) is 2.20. The molecule has 0 heterocycles. The van der Waals surface area contributed by atoms with Crippen molar-refractivity contribution < 1.29 is 0 Å². The van der Waals surface area contributed by atoms with Crippen molar-refractivity contribution in [2.75, 3.05) is 5.32 Å². The molecule has 1 N–H and O–H groups in total. The molecule has 0 atom stereocenters. The van der Waals surface area contributed by atoms with Crippen molar-refractivity contribution in [2.24, 2.45) is 0 Å². The van der Waals surface area contributed by atoms with Crippen LogP contribution in [-0.4, -0.2) is 0 Å². The van der Waals surface area contributed by atoms with Crippen LogP contribution in [0.4, 0.5) is 5.69 Å². The van der Waals surface area contributed by atoms with Gasteiger partial charge in [0.25, 0.3) is 0 Å². The van der Waals surface area contributed by atoms with Gasteiger partial charge in [-0.3, -0.25) is 0 Å². The van der Waals surface area contributed by atoms with E-state index in [0.717, 1.165) is 17.0 Å². The van der Waals surface area contributed by atoms with E-state index in [2.05, 4.69) is 43.1 Å². The van der Waals surface area contributed by atoms with E-state index in [0.29, 0.717) is 0 Å². The van der Waals surface area contributed by atoms with Crippen LogP contribution < -0.4 is 5.32 Å². The standard InChI is InChI=1S/C15H19N/c1-5-14(9-6-12(2)3)16-15-10-7-13(4)8-11-15/h5-11,16H,2H2,1,3-4H3/b9-6-,14-5+. The van der Waals surface area contributed by atoms with Crippen molar-refractivity contribution in [1.29, 1.82) is 0 Å². The second kappa shape index (κ2) is 5.96. The number of hydrogen-bond acceptors (Lipinski definition) is 1. The van der Waals surface area contributed by atoms with Crippen LogP contribution in [0.25, 0.3) is 0 Å². The SMILES string of the molecule is C=C(C)/C=C\C(=C/C)Nc1ccc(C)cc1. The summed E-state index contributed by atoms with van der Waals surface area (Å²) in [7, 11) is 0. The molecule has 0 spiro atoms. The summed E-state index contributed by atoms with van der Waals surface area (Å²) in [5.74, 6) is 0. The average Bonchev–Trinajstić information content (AvgIpc) is 2.26. The lowest BCUT2D eigenvalue weighted by Gasteiger charge is -2.07. The van der Waals surface area contributed by atoms with Gasteiger partial charge >= 0.3 is 0 Å². The maximum Gasteiger partial charge on any atom is 0.0384 e. The van der Waals surface area contributed by atoms with Gasteiger partial charge in [-0.2, -0.15) is 0 Å². The minimum Gasteiger partial charge on any atom is -0.356 e. The number of rotatable bonds is 4. The first-order valence-electron chi connectivity index (χ1n) is 5.45. The van der Waals surface area contributed by atoms with E-state index < -0.39 is 0 Å². The van der Waals surface area contributed by atoms with Crippen LogP contribution in [0.2, 0.25) is 0 Å². The Bertz CT molecular complexity index is 408. The Hall–Kier alpha value is -1.76. The Labute approximate surface area is 98.2 Å². The van der Waals surface area contributed by atoms with Gasteiger partial charge in [0.2, 0.25) is 0 Å². The molecule has 16 heavy (non-hydrogen) atoms. The van der Waals surface area contributed by atoms with Crippen molar-refractivity contribution >= 4 is 5.69 Å². The van der Waals surface area contributed by atoms with Crippen molar-refractivity contribution in [2.45, 2.75) is 20.8 Å². The highest BCUT2D eigenvalue weighted by atomic mass is 14.9. The number of benzene rings is 1. The third-order valence-corrected chi connectivity index (χ3v) is 2.20. The summed E-state index contributed by atoms with van der Waals surface area (Å²) in [5, 5.41) is 3.34. The maximum atomic E-state index is 3.84. The maximum absolute atomic E-state index is 3.84. The molecule has 0 fully saturated rings. The molecule has 0 saturated carbocycles. The summed E-state index contributed by atoms with van der Waals surface area (Å²) < 4.78 is 0. The van der Waals surface area contributed by atoms with Gasteiger partial charge in [-0.15, -0.1) is 0 Å². The zero-order valence-corrected chi connectivity index (χ0v) is 10.2. The smallest absolute Gasteiger partial charge is 0.0384 e. The molecule has 1 heteroatoms. The van der Waals surface area contributed by atoms with Gasteiger partial charge in [-0.25, -0.2) is 0 Å². The summed E-state index contributed by atoms with van der Waals surface area (Å²) in [6.45, 7) is 9.92. The van der Waals surface area contributed by atoms with E-state index in [1.807, 2.05) is 32.1 Å². The Morgan fingerprint density at radius 2 is 1.81 bits per heavy atom. The molecule has 1 aromatic rings. The Balaban J connectivity index is 2.71. The molecule has 0 unspecified atom stereocenters. The molecule has 0 aromatic heterocycles. The van der Waals surface area contributed by atoms with Gasteiger partial charge in [0.1, 0.15) is 0 Å². The molecule has 84 valence electrons. The molecule has 0 radical (unpaired) electrons. The Morgan fingerprint density at radius 3 is 2.31 bits per heavy atom. The van der Waals surface area contributed by atoms with Crippen molar-refractivity contribution in [3.8, 4) is 0 Å². The largest absolute Gasteiger partial charge is 0.356 e. The lowest BCUT2D eigenvalue weighted by molar-refractivity contribution is 1.40. The molecule has 0 saturated heterocycles. The van der Waals surface area contributed by atoms with E-state index in [1.165, 1.54) is 5.56 Å². The molecule has 1 nitrogen and oxygen atoms in total. The van der Waals surface area contributed by atoms with Crippen LogP contribution in [0.1, 0.15) is 19.4 Å². The van der Waals surface area contributed by atoms with Crippen LogP contribution >= 0.6 is 0 Å². The van der Waals surface area contributed by atoms with Gasteiger partial charge in [0.15, 0.2) is 0 Å².